The van der Waals surface area contributed by atoms with E-state index in [0.29, 0.717) is 29.2 Å². The molecule has 2 aromatic carbocycles. The molecule has 0 aliphatic carbocycles. The van der Waals surface area contributed by atoms with Crippen molar-refractivity contribution in [3.05, 3.63) is 58.6 Å². The second-order valence-electron chi connectivity index (χ2n) is 3.76. The van der Waals surface area contributed by atoms with E-state index < -0.39 is 0 Å². The Morgan fingerprint density at radius 1 is 1.17 bits per heavy atom. The van der Waals surface area contributed by atoms with Crippen LogP contribution in [0, 0.1) is 0 Å². The summed E-state index contributed by atoms with van der Waals surface area (Å²) in [6.07, 6.45) is 0.706. The number of carbonyl (C=O) groups is 1. The maximum atomic E-state index is 10.9. The van der Waals surface area contributed by atoms with Gasteiger partial charge in [-0.1, -0.05) is 23.7 Å². The minimum absolute atomic E-state index is 0.207. The molecule has 0 amide bonds. The molecule has 0 spiro atoms. The van der Waals surface area contributed by atoms with Crippen molar-refractivity contribution in [2.24, 2.45) is 0 Å². The third kappa shape index (κ3) is 3.02. The molecular formula is C14H11ClO3. The Morgan fingerprint density at radius 3 is 2.56 bits per heavy atom. The minimum atomic E-state index is 0.207. The van der Waals surface area contributed by atoms with E-state index in [0.717, 1.165) is 5.56 Å². The summed E-state index contributed by atoms with van der Waals surface area (Å²) in [6.45, 7) is 0.322. The lowest BCUT2D eigenvalue weighted by Gasteiger charge is -2.08. The number of hydrogen-bond acceptors (Lipinski definition) is 3. The maximum Gasteiger partial charge on any atom is 0.153 e. The number of rotatable bonds is 4. The topological polar surface area (TPSA) is 46.5 Å². The third-order valence-corrected chi connectivity index (χ3v) is 2.66. The molecule has 0 aliphatic heterocycles. The number of ether oxygens (including phenoxy) is 1. The molecule has 0 bridgehead atoms. The van der Waals surface area contributed by atoms with Crippen LogP contribution in [0.15, 0.2) is 42.5 Å². The van der Waals surface area contributed by atoms with Crippen LogP contribution in [0.25, 0.3) is 0 Å². The fourth-order valence-corrected chi connectivity index (χ4v) is 1.68. The van der Waals surface area contributed by atoms with Crippen molar-refractivity contribution in [1.82, 2.24) is 0 Å². The lowest BCUT2D eigenvalue weighted by atomic mass is 10.2. The first-order valence-electron chi connectivity index (χ1n) is 5.34. The molecule has 2 aromatic rings. The summed E-state index contributed by atoms with van der Waals surface area (Å²) >= 11 is 5.79. The normalized spacial score (nSPS) is 10.1. The highest BCUT2D eigenvalue weighted by Crippen LogP contribution is 2.22. The van der Waals surface area contributed by atoms with E-state index >= 15 is 0 Å². The van der Waals surface area contributed by atoms with Gasteiger partial charge in [0.1, 0.15) is 18.1 Å². The highest BCUT2D eigenvalue weighted by molar-refractivity contribution is 6.30. The van der Waals surface area contributed by atoms with E-state index in [1.807, 2.05) is 0 Å². The van der Waals surface area contributed by atoms with Crippen molar-refractivity contribution in [1.29, 1.82) is 0 Å². The second-order valence-corrected chi connectivity index (χ2v) is 4.19. The van der Waals surface area contributed by atoms with Gasteiger partial charge in [0.05, 0.1) is 5.56 Å². The van der Waals surface area contributed by atoms with Crippen LogP contribution < -0.4 is 4.74 Å². The zero-order valence-corrected chi connectivity index (χ0v) is 10.2. The van der Waals surface area contributed by atoms with E-state index in [4.69, 9.17) is 21.4 Å². The summed E-state index contributed by atoms with van der Waals surface area (Å²) in [5.74, 6) is 0.696. The molecule has 2 rings (SSSR count). The first-order valence-corrected chi connectivity index (χ1v) is 5.72. The van der Waals surface area contributed by atoms with Crippen LogP contribution in [0.1, 0.15) is 15.9 Å². The van der Waals surface area contributed by atoms with E-state index in [2.05, 4.69) is 0 Å². The first-order chi connectivity index (χ1) is 8.69. The van der Waals surface area contributed by atoms with Crippen LogP contribution in [0.5, 0.6) is 11.5 Å². The van der Waals surface area contributed by atoms with Crippen molar-refractivity contribution >= 4 is 17.9 Å². The van der Waals surface area contributed by atoms with E-state index in [1.165, 1.54) is 0 Å². The van der Waals surface area contributed by atoms with Gasteiger partial charge in [-0.25, -0.2) is 0 Å². The third-order valence-electron chi connectivity index (χ3n) is 2.43. The molecule has 1 N–H and O–H groups in total. The summed E-state index contributed by atoms with van der Waals surface area (Å²) in [4.78, 5) is 10.9. The van der Waals surface area contributed by atoms with Gasteiger partial charge < -0.3 is 9.84 Å². The van der Waals surface area contributed by atoms with Crippen LogP contribution in [-0.4, -0.2) is 11.4 Å². The van der Waals surface area contributed by atoms with Gasteiger partial charge in [0.15, 0.2) is 6.29 Å². The number of halogens is 1. The van der Waals surface area contributed by atoms with Crippen molar-refractivity contribution in [3.8, 4) is 11.5 Å². The number of aldehydes is 1. The van der Waals surface area contributed by atoms with Gasteiger partial charge >= 0.3 is 0 Å². The Hall–Kier alpha value is -2.00. The summed E-state index contributed by atoms with van der Waals surface area (Å²) in [6, 6.07) is 11.6. The van der Waals surface area contributed by atoms with Crippen molar-refractivity contribution in [2.75, 3.05) is 0 Å². The molecule has 18 heavy (non-hydrogen) atoms. The van der Waals surface area contributed by atoms with Gasteiger partial charge in [-0.2, -0.15) is 0 Å². The van der Waals surface area contributed by atoms with Crippen LogP contribution in [0.3, 0.4) is 0 Å². The van der Waals surface area contributed by atoms with Crippen molar-refractivity contribution in [3.63, 3.8) is 0 Å². The Bertz CT molecular complexity index is 549. The van der Waals surface area contributed by atoms with Gasteiger partial charge in [-0.3, -0.25) is 4.79 Å². The molecule has 0 saturated carbocycles. The number of benzene rings is 2. The van der Waals surface area contributed by atoms with Crippen LogP contribution >= 0.6 is 11.6 Å². The predicted octanol–water partition coefficient (Wildman–Crippen LogP) is 3.44. The SMILES string of the molecule is O=Cc1cc(Cl)ccc1OCc1ccc(O)cc1. The molecular weight excluding hydrogens is 252 g/mol. The van der Waals surface area contributed by atoms with E-state index in [1.54, 1.807) is 42.5 Å². The lowest BCUT2D eigenvalue weighted by molar-refractivity contribution is 0.111. The molecule has 92 valence electrons. The highest BCUT2D eigenvalue weighted by atomic mass is 35.5. The summed E-state index contributed by atoms with van der Waals surface area (Å²) in [7, 11) is 0. The zero-order chi connectivity index (χ0) is 13.0. The average molecular weight is 263 g/mol. The molecule has 0 radical (unpaired) electrons. The minimum Gasteiger partial charge on any atom is -0.508 e. The Labute approximate surface area is 110 Å². The number of aromatic hydroxyl groups is 1. The maximum absolute atomic E-state index is 10.9. The fraction of sp³-hybridized carbons (Fsp3) is 0.0714. The number of phenolic OH excluding ortho intramolecular Hbond substituents is 1. The smallest absolute Gasteiger partial charge is 0.153 e. The summed E-state index contributed by atoms with van der Waals surface area (Å²) in [5, 5.41) is 9.65. The van der Waals surface area contributed by atoms with Crippen LogP contribution in [0.4, 0.5) is 0 Å². The molecule has 0 unspecified atom stereocenters. The number of carbonyl (C=O) groups excluding carboxylic acids is 1. The van der Waals surface area contributed by atoms with Gasteiger partial charge in [0, 0.05) is 5.02 Å². The largest absolute Gasteiger partial charge is 0.508 e. The summed E-state index contributed by atoms with van der Waals surface area (Å²) in [5.41, 5.74) is 1.32. The predicted molar refractivity (Wildman–Crippen MR) is 69.3 cm³/mol. The number of phenols is 1. The summed E-state index contributed by atoms with van der Waals surface area (Å²) < 4.78 is 5.54. The second kappa shape index (κ2) is 5.56. The molecule has 0 atom stereocenters. The van der Waals surface area contributed by atoms with Gasteiger partial charge in [-0.15, -0.1) is 0 Å². The quantitative estimate of drug-likeness (QED) is 0.859. The molecule has 0 fully saturated rings. The average Bonchev–Trinajstić information content (AvgIpc) is 2.39. The van der Waals surface area contributed by atoms with Crippen LogP contribution in [0.2, 0.25) is 5.02 Å². The van der Waals surface area contributed by atoms with Crippen LogP contribution in [-0.2, 0) is 6.61 Å². The van der Waals surface area contributed by atoms with E-state index in [9.17, 15) is 4.79 Å². The molecule has 0 aromatic heterocycles. The van der Waals surface area contributed by atoms with Gasteiger partial charge in [-0.05, 0) is 35.9 Å². The Balaban J connectivity index is 2.10. The van der Waals surface area contributed by atoms with Gasteiger partial charge in [0.2, 0.25) is 0 Å². The standard InChI is InChI=1S/C14H11ClO3/c15-12-3-6-14(11(7-12)8-16)18-9-10-1-4-13(17)5-2-10/h1-8,17H,9H2. The monoisotopic (exact) mass is 262 g/mol. The van der Waals surface area contributed by atoms with Crippen molar-refractivity contribution in [2.45, 2.75) is 6.61 Å². The fourth-order valence-electron chi connectivity index (χ4n) is 1.50. The molecule has 0 aliphatic rings. The Morgan fingerprint density at radius 2 is 1.89 bits per heavy atom. The first kappa shape index (κ1) is 12.5. The molecule has 4 heteroatoms. The lowest BCUT2D eigenvalue weighted by Crippen LogP contribution is -1.98. The zero-order valence-electron chi connectivity index (χ0n) is 9.47. The van der Waals surface area contributed by atoms with E-state index in [-0.39, 0.29) is 5.75 Å². The molecule has 3 nitrogen and oxygen atoms in total. The number of hydrogen-bond donors (Lipinski definition) is 1. The highest BCUT2D eigenvalue weighted by Gasteiger charge is 2.04. The molecule has 0 heterocycles. The Kier molecular flexibility index (Phi) is 3.85. The van der Waals surface area contributed by atoms with Crippen molar-refractivity contribution < 1.29 is 14.6 Å². The van der Waals surface area contributed by atoms with Gasteiger partial charge in [0.25, 0.3) is 0 Å². The molecule has 0 saturated heterocycles.